The maximum absolute atomic E-state index is 8.75. The molecule has 0 unspecified atom stereocenters. The van der Waals surface area contributed by atoms with Crippen LogP contribution in [-0.2, 0) is 0 Å². The molecule has 1 fully saturated rings. The van der Waals surface area contributed by atoms with Gasteiger partial charge in [0.2, 0.25) is 0 Å². The largest absolute Gasteiger partial charge is 0.197 e. The Bertz CT molecular complexity index is 130. The lowest BCUT2D eigenvalue weighted by Gasteiger charge is -2.15. The first kappa shape index (κ1) is 6.95. The van der Waals surface area contributed by atoms with Crippen molar-refractivity contribution < 1.29 is 0 Å². The van der Waals surface area contributed by atoms with Gasteiger partial charge >= 0.3 is 0 Å². The summed E-state index contributed by atoms with van der Waals surface area (Å²) in [5, 5.41) is 8.75. The summed E-state index contributed by atoms with van der Waals surface area (Å²) in [7, 11) is 0. The Balaban J connectivity index is 2.59. The minimum absolute atomic E-state index is 0.000000000000000222. The summed E-state index contributed by atoms with van der Waals surface area (Å²) in [6.45, 7) is 0. The number of hydrogen-bond acceptors (Lipinski definition) is 2. The number of thioether (sulfide) groups is 1. The first-order valence-electron chi connectivity index (χ1n) is 3.29. The van der Waals surface area contributed by atoms with Crippen molar-refractivity contribution in [3.8, 4) is 6.07 Å². The van der Waals surface area contributed by atoms with Crippen LogP contribution in [0.15, 0.2) is 0 Å². The zero-order chi connectivity index (χ0) is 6.74. The van der Waals surface area contributed by atoms with E-state index in [4.69, 9.17) is 5.26 Å². The van der Waals surface area contributed by atoms with Crippen molar-refractivity contribution in [3.63, 3.8) is 0 Å². The van der Waals surface area contributed by atoms with Crippen LogP contribution in [0.3, 0.4) is 0 Å². The molecule has 2 heteroatoms. The van der Waals surface area contributed by atoms with E-state index < -0.39 is 0 Å². The lowest BCUT2D eigenvalue weighted by atomic mass is 10.1. The summed E-state index contributed by atoms with van der Waals surface area (Å²) in [6, 6.07) is 2.39. The van der Waals surface area contributed by atoms with Crippen LogP contribution in [0.5, 0.6) is 0 Å². The molecule has 0 heterocycles. The highest BCUT2D eigenvalue weighted by atomic mass is 32.2. The van der Waals surface area contributed by atoms with E-state index in [1.807, 2.05) is 6.26 Å². The van der Waals surface area contributed by atoms with Gasteiger partial charge in [-0.05, 0) is 19.1 Å². The maximum atomic E-state index is 8.75. The van der Waals surface area contributed by atoms with Gasteiger partial charge in [0.15, 0.2) is 0 Å². The van der Waals surface area contributed by atoms with Gasteiger partial charge in [-0.25, -0.2) is 0 Å². The molecule has 0 aromatic heterocycles. The van der Waals surface area contributed by atoms with Crippen LogP contribution in [-0.4, -0.2) is 11.0 Å². The Morgan fingerprint density at radius 3 is 2.22 bits per heavy atom. The van der Waals surface area contributed by atoms with E-state index in [9.17, 15) is 0 Å². The van der Waals surface area contributed by atoms with Crippen molar-refractivity contribution in [2.24, 2.45) is 0 Å². The molecule has 0 amide bonds. The van der Waals surface area contributed by atoms with Gasteiger partial charge in [-0.15, -0.1) is 11.8 Å². The smallest absolute Gasteiger partial charge is 0.102 e. The summed E-state index contributed by atoms with van der Waals surface area (Å²) in [6.07, 6.45) is 6.73. The SMILES string of the molecule is CSC1(C#N)CCCC1. The molecule has 0 bridgehead atoms. The fourth-order valence-electron chi connectivity index (χ4n) is 1.31. The average molecular weight is 141 g/mol. The van der Waals surface area contributed by atoms with E-state index in [0.717, 1.165) is 12.8 Å². The van der Waals surface area contributed by atoms with Crippen LogP contribution in [0.2, 0.25) is 0 Å². The van der Waals surface area contributed by atoms with Gasteiger partial charge in [-0.3, -0.25) is 0 Å². The Morgan fingerprint density at radius 2 is 2.00 bits per heavy atom. The third-order valence-corrected chi connectivity index (χ3v) is 3.29. The number of nitriles is 1. The summed E-state index contributed by atoms with van der Waals surface area (Å²) >= 11 is 1.72. The summed E-state index contributed by atoms with van der Waals surface area (Å²) < 4.78 is 0.000000000000000222. The van der Waals surface area contributed by atoms with Gasteiger partial charge in [0, 0.05) is 0 Å². The number of nitrogens with zero attached hydrogens (tertiary/aromatic N) is 1. The molecule has 50 valence electrons. The lowest BCUT2D eigenvalue weighted by molar-refractivity contribution is 0.762. The first-order chi connectivity index (χ1) is 4.33. The molecule has 9 heavy (non-hydrogen) atoms. The molecule has 0 N–H and O–H groups in total. The van der Waals surface area contributed by atoms with E-state index in [1.165, 1.54) is 12.8 Å². The van der Waals surface area contributed by atoms with Gasteiger partial charge < -0.3 is 0 Å². The highest BCUT2D eigenvalue weighted by Crippen LogP contribution is 2.39. The second kappa shape index (κ2) is 2.62. The van der Waals surface area contributed by atoms with Crippen LogP contribution in [0, 0.1) is 11.3 Å². The minimum Gasteiger partial charge on any atom is -0.197 e. The molecule has 1 nitrogen and oxygen atoms in total. The second-order valence-electron chi connectivity index (χ2n) is 2.52. The van der Waals surface area contributed by atoms with Crippen LogP contribution >= 0.6 is 11.8 Å². The molecule has 0 spiro atoms. The average Bonchev–Trinajstić information content (AvgIpc) is 2.36. The fraction of sp³-hybridized carbons (Fsp3) is 0.857. The Kier molecular flexibility index (Phi) is 2.02. The summed E-state index contributed by atoms with van der Waals surface area (Å²) in [5.74, 6) is 0. The van der Waals surface area contributed by atoms with Crippen molar-refractivity contribution >= 4 is 11.8 Å². The normalized spacial score (nSPS) is 23.6. The molecule has 0 aromatic carbocycles. The molecule has 0 radical (unpaired) electrons. The third kappa shape index (κ3) is 1.21. The van der Waals surface area contributed by atoms with Crippen molar-refractivity contribution in [1.82, 2.24) is 0 Å². The van der Waals surface area contributed by atoms with Crippen LogP contribution in [0.25, 0.3) is 0 Å². The van der Waals surface area contributed by atoms with E-state index >= 15 is 0 Å². The van der Waals surface area contributed by atoms with Crippen LogP contribution in [0.4, 0.5) is 0 Å². The second-order valence-corrected chi connectivity index (χ2v) is 3.71. The molecular formula is C7H11NS. The quantitative estimate of drug-likeness (QED) is 0.559. The van der Waals surface area contributed by atoms with Gasteiger partial charge in [0.05, 0.1) is 6.07 Å². The lowest BCUT2D eigenvalue weighted by Crippen LogP contribution is -2.15. The fourth-order valence-corrected chi connectivity index (χ4v) is 2.10. The standard InChI is InChI=1S/C7H11NS/c1-9-7(6-8)4-2-3-5-7/h2-5H2,1H3. The van der Waals surface area contributed by atoms with Gasteiger partial charge in [0.25, 0.3) is 0 Å². The molecule has 1 aliphatic rings. The van der Waals surface area contributed by atoms with E-state index in [1.54, 1.807) is 11.8 Å². The molecule has 0 aliphatic heterocycles. The molecule has 1 aliphatic carbocycles. The first-order valence-corrected chi connectivity index (χ1v) is 4.52. The number of hydrogen-bond donors (Lipinski definition) is 0. The Hall–Kier alpha value is -0.160. The van der Waals surface area contributed by atoms with Crippen molar-refractivity contribution in [3.05, 3.63) is 0 Å². The van der Waals surface area contributed by atoms with Gasteiger partial charge in [0.1, 0.15) is 4.75 Å². The Morgan fingerprint density at radius 1 is 1.44 bits per heavy atom. The molecule has 0 saturated heterocycles. The topological polar surface area (TPSA) is 23.8 Å². The predicted octanol–water partition coefficient (Wildman–Crippen LogP) is 2.19. The zero-order valence-electron chi connectivity index (χ0n) is 5.68. The van der Waals surface area contributed by atoms with Crippen molar-refractivity contribution in [1.29, 1.82) is 5.26 Å². The maximum Gasteiger partial charge on any atom is 0.102 e. The molecule has 1 saturated carbocycles. The van der Waals surface area contributed by atoms with Gasteiger partial charge in [-0.1, -0.05) is 12.8 Å². The molecule has 0 aromatic rings. The molecule has 0 atom stereocenters. The third-order valence-electron chi connectivity index (χ3n) is 2.01. The van der Waals surface area contributed by atoms with Gasteiger partial charge in [-0.2, -0.15) is 5.26 Å². The van der Waals surface area contributed by atoms with E-state index in [2.05, 4.69) is 6.07 Å². The Labute approximate surface area is 60.4 Å². The summed E-state index contributed by atoms with van der Waals surface area (Å²) in [5.41, 5.74) is 0. The monoisotopic (exact) mass is 141 g/mol. The van der Waals surface area contributed by atoms with Crippen LogP contribution in [0.1, 0.15) is 25.7 Å². The zero-order valence-corrected chi connectivity index (χ0v) is 6.50. The van der Waals surface area contributed by atoms with Crippen LogP contribution < -0.4 is 0 Å². The van der Waals surface area contributed by atoms with E-state index in [0.29, 0.717) is 0 Å². The summed E-state index contributed by atoms with van der Waals surface area (Å²) in [4.78, 5) is 0. The minimum atomic E-state index is 0.000000000000000222. The molecular weight excluding hydrogens is 130 g/mol. The highest BCUT2D eigenvalue weighted by molar-refractivity contribution is 8.00. The number of rotatable bonds is 1. The highest BCUT2D eigenvalue weighted by Gasteiger charge is 2.32. The molecule has 1 rings (SSSR count). The van der Waals surface area contributed by atoms with Crippen molar-refractivity contribution in [2.45, 2.75) is 30.4 Å². The predicted molar refractivity (Wildman–Crippen MR) is 40.3 cm³/mol. The van der Waals surface area contributed by atoms with Crippen molar-refractivity contribution in [2.75, 3.05) is 6.26 Å². The van der Waals surface area contributed by atoms with E-state index in [-0.39, 0.29) is 4.75 Å².